The predicted octanol–water partition coefficient (Wildman–Crippen LogP) is 1.25. The van der Waals surface area contributed by atoms with Gasteiger partial charge >= 0.3 is 5.97 Å². The Morgan fingerprint density at radius 1 is 1.33 bits per heavy atom. The van der Waals surface area contributed by atoms with E-state index in [0.717, 1.165) is 6.42 Å². The molecule has 0 saturated carbocycles. The second-order valence-electron chi connectivity index (χ2n) is 6.60. The smallest absolute Gasteiger partial charge is 0.308 e. The van der Waals surface area contributed by atoms with Gasteiger partial charge in [-0.1, -0.05) is 27.7 Å². The molecule has 120 valence electrons. The zero-order valence-corrected chi connectivity index (χ0v) is 13.3. The van der Waals surface area contributed by atoms with Crippen molar-refractivity contribution in [3.05, 3.63) is 0 Å². The number of rotatable bonds is 5. The Kier molecular flexibility index (Phi) is 5.75. The maximum Gasteiger partial charge on any atom is 0.308 e. The highest BCUT2D eigenvalue weighted by molar-refractivity contribution is 5.90. The van der Waals surface area contributed by atoms with Crippen LogP contribution in [-0.2, 0) is 14.4 Å². The Labute approximate surface area is 125 Å². The van der Waals surface area contributed by atoms with Gasteiger partial charge in [-0.05, 0) is 19.3 Å². The summed E-state index contributed by atoms with van der Waals surface area (Å²) in [6.45, 7) is 7.97. The second-order valence-corrected chi connectivity index (χ2v) is 6.60. The van der Waals surface area contributed by atoms with Crippen LogP contribution in [0, 0.1) is 11.3 Å². The quantitative estimate of drug-likeness (QED) is 0.799. The highest BCUT2D eigenvalue weighted by Gasteiger charge is 2.38. The Hall–Kier alpha value is -1.59. The third kappa shape index (κ3) is 4.44. The minimum absolute atomic E-state index is 0.0366. The molecule has 1 fully saturated rings. The van der Waals surface area contributed by atoms with E-state index in [1.54, 1.807) is 11.8 Å². The van der Waals surface area contributed by atoms with Crippen LogP contribution in [0.5, 0.6) is 0 Å². The van der Waals surface area contributed by atoms with Gasteiger partial charge in [-0.2, -0.15) is 0 Å². The number of amides is 2. The Morgan fingerprint density at radius 2 is 1.95 bits per heavy atom. The molecule has 2 unspecified atom stereocenters. The molecule has 2 amide bonds. The summed E-state index contributed by atoms with van der Waals surface area (Å²) in [5.41, 5.74) is -0.518. The molecule has 1 rings (SSSR count). The van der Waals surface area contributed by atoms with E-state index in [-0.39, 0.29) is 18.4 Å². The van der Waals surface area contributed by atoms with Crippen molar-refractivity contribution in [2.75, 3.05) is 13.1 Å². The summed E-state index contributed by atoms with van der Waals surface area (Å²) >= 11 is 0. The molecule has 0 radical (unpaired) electrons. The first-order valence-electron chi connectivity index (χ1n) is 7.50. The van der Waals surface area contributed by atoms with E-state index in [4.69, 9.17) is 5.11 Å². The van der Waals surface area contributed by atoms with Crippen LogP contribution in [0.15, 0.2) is 0 Å². The summed E-state index contributed by atoms with van der Waals surface area (Å²) in [6, 6.07) is -0.469. The normalized spacial score (nSPS) is 20.2. The van der Waals surface area contributed by atoms with Gasteiger partial charge in [-0.25, -0.2) is 0 Å². The molecule has 0 aliphatic carbocycles. The predicted molar refractivity (Wildman–Crippen MR) is 78.6 cm³/mol. The Bertz CT molecular complexity index is 414. The summed E-state index contributed by atoms with van der Waals surface area (Å²) < 4.78 is 0. The van der Waals surface area contributed by atoms with E-state index in [0.29, 0.717) is 19.4 Å². The fourth-order valence-corrected chi connectivity index (χ4v) is 2.46. The van der Waals surface area contributed by atoms with Crippen molar-refractivity contribution in [3.63, 3.8) is 0 Å². The Morgan fingerprint density at radius 3 is 2.43 bits per heavy atom. The van der Waals surface area contributed by atoms with Crippen molar-refractivity contribution in [1.29, 1.82) is 0 Å². The highest BCUT2D eigenvalue weighted by atomic mass is 16.4. The van der Waals surface area contributed by atoms with E-state index in [2.05, 4.69) is 5.32 Å². The zero-order chi connectivity index (χ0) is 16.2. The average molecular weight is 298 g/mol. The van der Waals surface area contributed by atoms with Gasteiger partial charge in [0, 0.05) is 18.5 Å². The lowest BCUT2D eigenvalue weighted by Crippen LogP contribution is -2.50. The van der Waals surface area contributed by atoms with E-state index in [9.17, 15) is 14.4 Å². The summed E-state index contributed by atoms with van der Waals surface area (Å²) in [4.78, 5) is 37.1. The first-order chi connectivity index (χ1) is 9.68. The molecule has 2 N–H and O–H groups in total. The number of carbonyl (C=O) groups excluding carboxylic acids is 2. The Balaban J connectivity index is 2.64. The minimum atomic E-state index is -0.910. The van der Waals surface area contributed by atoms with Crippen LogP contribution in [-0.4, -0.2) is 46.9 Å². The number of hydrogen-bond donors (Lipinski definition) is 2. The lowest BCUT2D eigenvalue weighted by atomic mass is 9.94. The molecule has 1 heterocycles. The lowest BCUT2D eigenvalue weighted by molar-refractivity contribution is -0.145. The van der Waals surface area contributed by atoms with Crippen LogP contribution in [0.2, 0.25) is 0 Å². The summed E-state index contributed by atoms with van der Waals surface area (Å²) in [5.74, 6) is -1.77. The van der Waals surface area contributed by atoms with Gasteiger partial charge in [-0.3, -0.25) is 14.4 Å². The van der Waals surface area contributed by atoms with Gasteiger partial charge < -0.3 is 15.3 Å². The van der Waals surface area contributed by atoms with Crippen LogP contribution >= 0.6 is 0 Å². The zero-order valence-electron chi connectivity index (χ0n) is 13.3. The number of carbonyl (C=O) groups is 3. The number of carboxylic acids is 1. The SMILES string of the molecule is CCC(CNC(=O)C1CCCN1C(=O)C(C)(C)C)C(=O)O. The molecule has 0 bridgehead atoms. The molecule has 0 aromatic carbocycles. The molecule has 21 heavy (non-hydrogen) atoms. The van der Waals surface area contributed by atoms with Crippen molar-refractivity contribution < 1.29 is 19.5 Å². The molecule has 1 aliphatic rings. The van der Waals surface area contributed by atoms with Crippen LogP contribution in [0.1, 0.15) is 47.0 Å². The molecule has 6 heteroatoms. The van der Waals surface area contributed by atoms with Gasteiger partial charge in [0.25, 0.3) is 0 Å². The largest absolute Gasteiger partial charge is 0.481 e. The van der Waals surface area contributed by atoms with Crippen molar-refractivity contribution in [1.82, 2.24) is 10.2 Å². The molecule has 0 aromatic rings. The third-order valence-electron chi connectivity index (χ3n) is 3.82. The molecular formula is C15H26N2O4. The van der Waals surface area contributed by atoms with E-state index < -0.39 is 23.3 Å². The van der Waals surface area contributed by atoms with Gasteiger partial charge in [0.1, 0.15) is 6.04 Å². The number of nitrogens with zero attached hydrogens (tertiary/aromatic N) is 1. The number of nitrogens with one attached hydrogen (secondary N) is 1. The van der Waals surface area contributed by atoms with Crippen molar-refractivity contribution in [2.24, 2.45) is 11.3 Å². The third-order valence-corrected chi connectivity index (χ3v) is 3.82. The van der Waals surface area contributed by atoms with Gasteiger partial charge in [-0.15, -0.1) is 0 Å². The molecule has 2 atom stereocenters. The van der Waals surface area contributed by atoms with Crippen LogP contribution < -0.4 is 5.32 Å². The fraction of sp³-hybridized carbons (Fsp3) is 0.800. The molecule has 0 spiro atoms. The molecule has 0 aromatic heterocycles. The lowest BCUT2D eigenvalue weighted by Gasteiger charge is -2.30. The van der Waals surface area contributed by atoms with E-state index >= 15 is 0 Å². The maximum atomic E-state index is 12.3. The molecular weight excluding hydrogens is 272 g/mol. The van der Waals surface area contributed by atoms with E-state index in [1.165, 1.54) is 0 Å². The first-order valence-corrected chi connectivity index (χ1v) is 7.50. The molecule has 1 aliphatic heterocycles. The van der Waals surface area contributed by atoms with Gasteiger partial charge in [0.15, 0.2) is 0 Å². The van der Waals surface area contributed by atoms with Crippen molar-refractivity contribution in [3.8, 4) is 0 Å². The van der Waals surface area contributed by atoms with Gasteiger partial charge in [0.05, 0.1) is 5.92 Å². The number of hydrogen-bond acceptors (Lipinski definition) is 3. The average Bonchev–Trinajstić information content (AvgIpc) is 2.85. The summed E-state index contributed by atoms with van der Waals surface area (Å²) in [5, 5.41) is 11.7. The molecule has 1 saturated heterocycles. The highest BCUT2D eigenvalue weighted by Crippen LogP contribution is 2.25. The number of aliphatic carboxylic acids is 1. The minimum Gasteiger partial charge on any atom is -0.481 e. The van der Waals surface area contributed by atoms with Crippen LogP contribution in [0.25, 0.3) is 0 Å². The fourth-order valence-electron chi connectivity index (χ4n) is 2.46. The van der Waals surface area contributed by atoms with Crippen molar-refractivity contribution in [2.45, 2.75) is 53.0 Å². The van der Waals surface area contributed by atoms with E-state index in [1.807, 2.05) is 20.8 Å². The summed E-state index contributed by atoms with van der Waals surface area (Å²) in [6.07, 6.45) is 1.90. The summed E-state index contributed by atoms with van der Waals surface area (Å²) in [7, 11) is 0. The number of carboxylic acid groups (broad SMARTS) is 1. The standard InChI is InChI=1S/C15H26N2O4/c1-5-10(13(19)20)9-16-12(18)11-7-6-8-17(11)14(21)15(2,3)4/h10-11H,5-9H2,1-4H3,(H,16,18)(H,19,20). The van der Waals surface area contributed by atoms with Crippen LogP contribution in [0.4, 0.5) is 0 Å². The van der Waals surface area contributed by atoms with Crippen molar-refractivity contribution >= 4 is 17.8 Å². The van der Waals surface area contributed by atoms with Gasteiger partial charge in [0.2, 0.25) is 11.8 Å². The number of likely N-dealkylation sites (tertiary alicyclic amines) is 1. The monoisotopic (exact) mass is 298 g/mol. The maximum absolute atomic E-state index is 12.3. The second kappa shape index (κ2) is 6.91. The topological polar surface area (TPSA) is 86.7 Å². The molecule has 6 nitrogen and oxygen atoms in total. The first kappa shape index (κ1) is 17.5. The van der Waals surface area contributed by atoms with Crippen LogP contribution in [0.3, 0.4) is 0 Å².